The molecule has 0 spiro atoms. The maximum absolute atomic E-state index is 13.0. The summed E-state index contributed by atoms with van der Waals surface area (Å²) in [4.78, 5) is 25.5. The molecular formula is C25H30N2O3. The minimum absolute atomic E-state index is 0.0103. The van der Waals surface area contributed by atoms with E-state index in [2.05, 4.69) is 10.6 Å². The Morgan fingerprint density at radius 3 is 2.37 bits per heavy atom. The van der Waals surface area contributed by atoms with Crippen molar-refractivity contribution in [2.75, 3.05) is 12.4 Å². The molecular weight excluding hydrogens is 376 g/mol. The molecule has 2 fully saturated rings. The molecule has 0 heterocycles. The van der Waals surface area contributed by atoms with Crippen molar-refractivity contribution in [3.63, 3.8) is 0 Å². The monoisotopic (exact) mass is 406 g/mol. The number of carbonyl (C=O) groups is 2. The van der Waals surface area contributed by atoms with Crippen LogP contribution in [0.1, 0.15) is 66.9 Å². The number of anilines is 1. The van der Waals surface area contributed by atoms with Crippen molar-refractivity contribution in [2.24, 2.45) is 11.8 Å². The minimum atomic E-state index is -0.114. The molecule has 4 rings (SSSR count). The molecule has 2 saturated carbocycles. The molecule has 0 saturated heterocycles. The second-order valence-electron chi connectivity index (χ2n) is 8.47. The molecule has 2 amide bonds. The number of carbonyl (C=O) groups excluding carboxylic acids is 2. The Hall–Kier alpha value is -2.82. The fourth-order valence-corrected chi connectivity index (χ4v) is 4.29. The van der Waals surface area contributed by atoms with E-state index in [0.29, 0.717) is 17.2 Å². The maximum Gasteiger partial charge on any atom is 0.251 e. The van der Waals surface area contributed by atoms with Crippen LogP contribution in [0, 0.1) is 11.8 Å². The first-order valence-electron chi connectivity index (χ1n) is 11.0. The van der Waals surface area contributed by atoms with Crippen LogP contribution in [-0.2, 0) is 4.79 Å². The first kappa shape index (κ1) is 20.5. The summed E-state index contributed by atoms with van der Waals surface area (Å²) in [6.45, 7) is 0. The average molecular weight is 407 g/mol. The lowest BCUT2D eigenvalue weighted by atomic mass is 9.88. The van der Waals surface area contributed by atoms with Gasteiger partial charge in [0.2, 0.25) is 5.91 Å². The van der Waals surface area contributed by atoms with Crippen molar-refractivity contribution in [3.8, 4) is 5.75 Å². The van der Waals surface area contributed by atoms with Crippen LogP contribution in [0.25, 0.3) is 0 Å². The molecule has 2 aliphatic rings. The Morgan fingerprint density at radius 2 is 1.70 bits per heavy atom. The molecule has 5 heteroatoms. The lowest BCUT2D eigenvalue weighted by Crippen LogP contribution is -2.30. The third-order valence-electron chi connectivity index (χ3n) is 6.22. The van der Waals surface area contributed by atoms with Crippen molar-refractivity contribution in [1.82, 2.24) is 5.32 Å². The summed E-state index contributed by atoms with van der Waals surface area (Å²) in [6, 6.07) is 15.1. The highest BCUT2D eigenvalue weighted by Crippen LogP contribution is 2.41. The Labute approximate surface area is 178 Å². The largest absolute Gasteiger partial charge is 0.497 e. The van der Waals surface area contributed by atoms with Crippen LogP contribution in [0.3, 0.4) is 0 Å². The average Bonchev–Trinajstić information content (AvgIpc) is 3.63. The number of ether oxygens (including phenoxy) is 1. The Bertz CT molecular complexity index is 884. The minimum Gasteiger partial charge on any atom is -0.497 e. The van der Waals surface area contributed by atoms with Crippen LogP contribution in [0.2, 0.25) is 0 Å². The van der Waals surface area contributed by atoms with Gasteiger partial charge in [-0.15, -0.1) is 0 Å². The summed E-state index contributed by atoms with van der Waals surface area (Å²) >= 11 is 0. The Kier molecular flexibility index (Phi) is 6.36. The first-order valence-corrected chi connectivity index (χ1v) is 11.0. The first-order chi connectivity index (χ1) is 14.6. The fraction of sp³-hybridized carbons (Fsp3) is 0.440. The van der Waals surface area contributed by atoms with E-state index in [-0.39, 0.29) is 23.8 Å². The molecule has 158 valence electrons. The van der Waals surface area contributed by atoms with Crippen molar-refractivity contribution < 1.29 is 14.3 Å². The highest BCUT2D eigenvalue weighted by molar-refractivity contribution is 5.97. The molecule has 2 aromatic rings. The smallest absolute Gasteiger partial charge is 0.251 e. The highest BCUT2D eigenvalue weighted by atomic mass is 16.5. The van der Waals surface area contributed by atoms with Gasteiger partial charge in [-0.05, 0) is 67.5 Å². The number of benzene rings is 2. The molecule has 1 unspecified atom stereocenters. The van der Waals surface area contributed by atoms with Gasteiger partial charge in [-0.2, -0.15) is 0 Å². The van der Waals surface area contributed by atoms with Gasteiger partial charge in [-0.25, -0.2) is 0 Å². The predicted molar refractivity (Wildman–Crippen MR) is 118 cm³/mol. The van der Waals surface area contributed by atoms with Crippen LogP contribution in [0.4, 0.5) is 5.69 Å². The molecule has 0 bridgehead atoms. The lowest BCUT2D eigenvalue weighted by Gasteiger charge is -2.21. The zero-order valence-corrected chi connectivity index (χ0v) is 17.5. The standard InChI is InChI=1S/C25H30N2O3/c1-30-22-14-12-18(13-15-22)23(17-10-11-17)27-25(29)20-8-5-9-21(16-20)26-24(28)19-6-3-2-4-7-19/h5,8-9,12-17,19,23H,2-4,6-7,10-11H2,1H3,(H,26,28)(H,27,29). The molecule has 5 nitrogen and oxygen atoms in total. The molecule has 0 aliphatic heterocycles. The maximum atomic E-state index is 13.0. The van der Waals surface area contributed by atoms with Crippen molar-refractivity contribution in [2.45, 2.75) is 51.0 Å². The van der Waals surface area contributed by atoms with E-state index in [4.69, 9.17) is 4.74 Å². The fourth-order valence-electron chi connectivity index (χ4n) is 4.29. The van der Waals surface area contributed by atoms with E-state index in [9.17, 15) is 9.59 Å². The summed E-state index contributed by atoms with van der Waals surface area (Å²) in [5.41, 5.74) is 2.34. The number of nitrogens with one attached hydrogen (secondary N) is 2. The van der Waals surface area contributed by atoms with Crippen molar-refractivity contribution >= 4 is 17.5 Å². The van der Waals surface area contributed by atoms with Crippen LogP contribution in [0.5, 0.6) is 5.75 Å². The van der Waals surface area contributed by atoms with Crippen molar-refractivity contribution in [3.05, 3.63) is 59.7 Å². The Balaban J connectivity index is 1.43. The molecule has 30 heavy (non-hydrogen) atoms. The van der Waals surface area contributed by atoms with Crippen molar-refractivity contribution in [1.29, 1.82) is 0 Å². The summed E-state index contributed by atoms with van der Waals surface area (Å²) in [5, 5.41) is 6.21. The van der Waals surface area contributed by atoms with E-state index < -0.39 is 0 Å². The van der Waals surface area contributed by atoms with E-state index >= 15 is 0 Å². The molecule has 0 radical (unpaired) electrons. The van der Waals surface area contributed by atoms with Crippen LogP contribution >= 0.6 is 0 Å². The number of rotatable bonds is 7. The second kappa shape index (κ2) is 9.33. The van der Waals surface area contributed by atoms with Crippen LogP contribution < -0.4 is 15.4 Å². The normalized spacial score (nSPS) is 17.8. The van der Waals surface area contributed by atoms with E-state index in [0.717, 1.165) is 49.8 Å². The van der Waals surface area contributed by atoms with E-state index in [1.54, 1.807) is 19.2 Å². The Morgan fingerprint density at radius 1 is 0.967 bits per heavy atom. The van der Waals surface area contributed by atoms with Gasteiger partial charge >= 0.3 is 0 Å². The third-order valence-corrected chi connectivity index (χ3v) is 6.22. The van der Waals surface area contributed by atoms with Gasteiger partial charge in [-0.3, -0.25) is 9.59 Å². The molecule has 1 atom stereocenters. The van der Waals surface area contributed by atoms with Gasteiger partial charge < -0.3 is 15.4 Å². The molecule has 2 N–H and O–H groups in total. The van der Waals surface area contributed by atoms with Gasteiger partial charge in [0, 0.05) is 17.2 Å². The van der Waals surface area contributed by atoms with Gasteiger partial charge in [0.15, 0.2) is 0 Å². The number of amides is 2. The van der Waals surface area contributed by atoms with E-state index in [1.165, 1.54) is 6.42 Å². The predicted octanol–water partition coefficient (Wildman–Crippen LogP) is 5.10. The van der Waals surface area contributed by atoms with Gasteiger partial charge in [0.25, 0.3) is 5.91 Å². The SMILES string of the molecule is COc1ccc(C(NC(=O)c2cccc(NC(=O)C3CCCCC3)c2)C2CC2)cc1. The van der Waals surface area contributed by atoms with E-state index in [1.807, 2.05) is 36.4 Å². The summed E-state index contributed by atoms with van der Waals surface area (Å²) < 4.78 is 5.24. The quantitative estimate of drug-likeness (QED) is 0.673. The highest BCUT2D eigenvalue weighted by Gasteiger charge is 2.33. The zero-order chi connectivity index (χ0) is 20.9. The summed E-state index contributed by atoms with van der Waals surface area (Å²) in [6.07, 6.45) is 7.61. The zero-order valence-electron chi connectivity index (χ0n) is 17.5. The number of hydrogen-bond acceptors (Lipinski definition) is 3. The third kappa shape index (κ3) is 5.02. The topological polar surface area (TPSA) is 67.4 Å². The molecule has 2 aromatic carbocycles. The molecule has 2 aliphatic carbocycles. The molecule has 0 aromatic heterocycles. The summed E-state index contributed by atoms with van der Waals surface area (Å²) in [5.74, 6) is 1.32. The second-order valence-corrected chi connectivity index (χ2v) is 8.47. The number of hydrogen-bond donors (Lipinski definition) is 2. The van der Waals surface area contributed by atoms with Gasteiger partial charge in [0.05, 0.1) is 13.2 Å². The van der Waals surface area contributed by atoms with Gasteiger partial charge in [0.1, 0.15) is 5.75 Å². The summed E-state index contributed by atoms with van der Waals surface area (Å²) in [7, 11) is 1.65. The number of methoxy groups -OCH3 is 1. The van der Waals surface area contributed by atoms with Crippen LogP contribution in [-0.4, -0.2) is 18.9 Å². The van der Waals surface area contributed by atoms with Crippen LogP contribution in [0.15, 0.2) is 48.5 Å². The lowest BCUT2D eigenvalue weighted by molar-refractivity contribution is -0.120. The van der Waals surface area contributed by atoms with Gasteiger partial charge in [-0.1, -0.05) is 37.5 Å².